The van der Waals surface area contributed by atoms with E-state index in [0.717, 1.165) is 5.56 Å². The predicted octanol–water partition coefficient (Wildman–Crippen LogP) is 1.46. The highest BCUT2D eigenvalue weighted by atomic mass is 35.5. The lowest BCUT2D eigenvalue weighted by molar-refractivity contribution is -0.121. The monoisotopic (exact) mass is 312 g/mol. The maximum atomic E-state index is 12.0. The number of hydrogen-bond donors (Lipinski definition) is 2. The van der Waals surface area contributed by atoms with Crippen molar-refractivity contribution in [1.29, 1.82) is 0 Å². The van der Waals surface area contributed by atoms with Crippen LogP contribution in [0.5, 0.6) is 0 Å². The average Bonchev–Trinajstić information content (AvgIpc) is 2.67. The number of aromatic nitrogens is 2. The summed E-state index contributed by atoms with van der Waals surface area (Å²) in [4.78, 5) is 22.1. The maximum Gasteiger partial charge on any atom is 0.239 e. The topological polar surface area (TPSA) is 78.4 Å². The molecule has 6 nitrogen and oxygen atoms in total. The molecule has 1 aromatic heterocycles. The molecule has 0 aliphatic heterocycles. The Labute approximate surface area is 129 Å². The molecule has 2 rings (SSSR count). The number of aliphatic hydroxyl groups excluding tert-OH is 1. The highest BCUT2D eigenvalue weighted by Crippen LogP contribution is 2.35. The van der Waals surface area contributed by atoms with Crippen LogP contribution in [0.4, 0.5) is 5.82 Å². The van der Waals surface area contributed by atoms with Gasteiger partial charge in [-0.1, -0.05) is 0 Å². The molecule has 0 saturated heterocycles. The van der Waals surface area contributed by atoms with Crippen molar-refractivity contribution in [2.24, 2.45) is 0 Å². The minimum absolute atomic E-state index is 0.0905. The summed E-state index contributed by atoms with van der Waals surface area (Å²) in [5.41, 5.74) is 1.17. The first-order valence-corrected chi connectivity index (χ1v) is 7.31. The van der Waals surface area contributed by atoms with E-state index in [1.807, 2.05) is 20.8 Å². The number of halogens is 1. The lowest BCUT2D eigenvalue weighted by Gasteiger charge is -2.25. The summed E-state index contributed by atoms with van der Waals surface area (Å²) in [6.45, 7) is 5.97. The molecule has 1 aliphatic rings. The van der Waals surface area contributed by atoms with Crippen LogP contribution in [0.15, 0.2) is 0 Å². The molecule has 7 heteroatoms. The van der Waals surface area contributed by atoms with Gasteiger partial charge in [-0.05, 0) is 45.2 Å². The van der Waals surface area contributed by atoms with Crippen LogP contribution in [0, 0.1) is 0 Å². The molecule has 0 saturated carbocycles. The second-order valence-corrected chi connectivity index (χ2v) is 6.73. The lowest BCUT2D eigenvalue weighted by atomic mass is 10.1. The van der Waals surface area contributed by atoms with Gasteiger partial charge in [-0.25, -0.2) is 9.97 Å². The molecule has 0 radical (unpaired) electrons. The molecule has 1 atom stereocenters. The molecular weight excluding hydrogens is 292 g/mol. The predicted molar refractivity (Wildman–Crippen MR) is 81.5 cm³/mol. The number of nitrogens with zero attached hydrogens (tertiary/aromatic N) is 3. The van der Waals surface area contributed by atoms with Crippen LogP contribution in [-0.4, -0.2) is 40.1 Å². The smallest absolute Gasteiger partial charge is 0.239 e. The van der Waals surface area contributed by atoms with E-state index < -0.39 is 6.10 Å². The fourth-order valence-corrected chi connectivity index (χ4v) is 2.63. The molecule has 21 heavy (non-hydrogen) atoms. The minimum Gasteiger partial charge on any atom is -0.387 e. The van der Waals surface area contributed by atoms with Crippen molar-refractivity contribution in [3.8, 4) is 0 Å². The van der Waals surface area contributed by atoms with Gasteiger partial charge in [0.2, 0.25) is 11.2 Å². The second kappa shape index (κ2) is 5.77. The number of carbonyl (C=O) groups excluding carboxylic acids is 1. The SMILES string of the molecule is CN(CC(=O)NC(C)(C)C)c1nc(Cl)nc2c1CCC2O. The lowest BCUT2D eigenvalue weighted by Crippen LogP contribution is -2.45. The van der Waals surface area contributed by atoms with E-state index in [-0.39, 0.29) is 23.3 Å². The van der Waals surface area contributed by atoms with Crippen LogP contribution in [0.25, 0.3) is 0 Å². The summed E-state index contributed by atoms with van der Waals surface area (Å²) in [5.74, 6) is 0.526. The number of rotatable bonds is 3. The fraction of sp³-hybridized carbons (Fsp3) is 0.643. The van der Waals surface area contributed by atoms with E-state index >= 15 is 0 Å². The van der Waals surface area contributed by atoms with E-state index in [4.69, 9.17) is 11.6 Å². The third-order valence-electron chi connectivity index (χ3n) is 3.23. The number of nitrogens with one attached hydrogen (secondary N) is 1. The van der Waals surface area contributed by atoms with E-state index in [0.29, 0.717) is 24.4 Å². The van der Waals surface area contributed by atoms with Crippen molar-refractivity contribution in [3.63, 3.8) is 0 Å². The fourth-order valence-electron chi connectivity index (χ4n) is 2.46. The normalized spacial score (nSPS) is 17.5. The van der Waals surface area contributed by atoms with Crippen LogP contribution in [0.2, 0.25) is 5.28 Å². The Morgan fingerprint density at radius 1 is 1.48 bits per heavy atom. The van der Waals surface area contributed by atoms with Gasteiger partial charge in [-0.3, -0.25) is 4.79 Å². The standard InChI is InChI=1S/C14H21ClN4O2/c1-14(2,3)18-10(21)7-19(4)12-8-5-6-9(20)11(8)16-13(15)17-12/h9,20H,5-7H2,1-4H3,(H,18,21). The maximum absolute atomic E-state index is 12.0. The summed E-state index contributed by atoms with van der Waals surface area (Å²) in [5, 5.41) is 12.9. The van der Waals surface area contributed by atoms with Gasteiger partial charge >= 0.3 is 0 Å². The van der Waals surface area contributed by atoms with Crippen LogP contribution >= 0.6 is 11.6 Å². The van der Waals surface area contributed by atoms with E-state index in [9.17, 15) is 9.90 Å². The molecule has 0 aromatic carbocycles. The number of carbonyl (C=O) groups is 1. The largest absolute Gasteiger partial charge is 0.387 e. The number of fused-ring (bicyclic) bond motifs is 1. The summed E-state index contributed by atoms with van der Waals surface area (Å²) >= 11 is 5.92. The number of anilines is 1. The summed E-state index contributed by atoms with van der Waals surface area (Å²) in [6.07, 6.45) is 0.698. The van der Waals surface area contributed by atoms with Gasteiger partial charge in [0.15, 0.2) is 0 Å². The zero-order valence-corrected chi connectivity index (χ0v) is 13.5. The summed E-state index contributed by atoms with van der Waals surface area (Å²) in [7, 11) is 1.78. The van der Waals surface area contributed by atoms with Crippen molar-refractivity contribution in [3.05, 3.63) is 16.5 Å². The third kappa shape index (κ3) is 3.83. The molecule has 1 amide bonds. The van der Waals surface area contributed by atoms with Gasteiger partial charge in [0.1, 0.15) is 5.82 Å². The van der Waals surface area contributed by atoms with Crippen LogP contribution in [0.3, 0.4) is 0 Å². The van der Waals surface area contributed by atoms with Gasteiger partial charge in [-0.15, -0.1) is 0 Å². The van der Waals surface area contributed by atoms with Crippen LogP contribution in [-0.2, 0) is 11.2 Å². The average molecular weight is 313 g/mol. The zero-order chi connectivity index (χ0) is 15.8. The van der Waals surface area contributed by atoms with Crippen LogP contribution < -0.4 is 10.2 Å². The van der Waals surface area contributed by atoms with E-state index in [1.165, 1.54) is 0 Å². The first-order chi connectivity index (χ1) is 9.67. The van der Waals surface area contributed by atoms with E-state index in [2.05, 4.69) is 15.3 Å². The van der Waals surface area contributed by atoms with Crippen LogP contribution in [0.1, 0.15) is 44.6 Å². The molecule has 1 aromatic rings. The number of amides is 1. The number of likely N-dealkylation sites (N-methyl/N-ethyl adjacent to an activating group) is 1. The van der Waals surface area contributed by atoms with Gasteiger partial charge < -0.3 is 15.3 Å². The molecule has 0 spiro atoms. The Balaban J connectivity index is 2.19. The van der Waals surface area contributed by atoms with Gasteiger partial charge in [0, 0.05) is 18.2 Å². The number of aliphatic hydroxyl groups is 1. The van der Waals surface area contributed by atoms with Crippen molar-refractivity contribution in [1.82, 2.24) is 15.3 Å². The minimum atomic E-state index is -0.601. The Morgan fingerprint density at radius 3 is 2.76 bits per heavy atom. The van der Waals surface area contributed by atoms with Crippen molar-refractivity contribution >= 4 is 23.3 Å². The van der Waals surface area contributed by atoms with Crippen molar-refractivity contribution < 1.29 is 9.90 Å². The van der Waals surface area contributed by atoms with E-state index in [1.54, 1.807) is 11.9 Å². The van der Waals surface area contributed by atoms with Crippen molar-refractivity contribution in [2.45, 2.75) is 45.3 Å². The molecule has 1 heterocycles. The Kier molecular flexibility index (Phi) is 4.39. The molecule has 0 bridgehead atoms. The quantitative estimate of drug-likeness (QED) is 0.826. The molecular formula is C14H21ClN4O2. The second-order valence-electron chi connectivity index (χ2n) is 6.39. The first kappa shape index (κ1) is 16.0. The molecule has 1 aliphatic carbocycles. The summed E-state index contributed by atoms with van der Waals surface area (Å²) < 4.78 is 0. The molecule has 116 valence electrons. The van der Waals surface area contributed by atoms with Gasteiger partial charge in [0.05, 0.1) is 18.3 Å². The van der Waals surface area contributed by atoms with Gasteiger partial charge in [-0.2, -0.15) is 0 Å². The third-order valence-corrected chi connectivity index (χ3v) is 3.40. The highest BCUT2D eigenvalue weighted by Gasteiger charge is 2.28. The Bertz CT molecular complexity index is 557. The molecule has 1 unspecified atom stereocenters. The number of hydrogen-bond acceptors (Lipinski definition) is 5. The Hall–Kier alpha value is -1.40. The Morgan fingerprint density at radius 2 is 2.14 bits per heavy atom. The first-order valence-electron chi connectivity index (χ1n) is 6.94. The zero-order valence-electron chi connectivity index (χ0n) is 12.8. The molecule has 0 fully saturated rings. The highest BCUT2D eigenvalue weighted by molar-refractivity contribution is 6.28. The summed E-state index contributed by atoms with van der Waals surface area (Å²) in [6, 6.07) is 0. The van der Waals surface area contributed by atoms with Crippen molar-refractivity contribution in [2.75, 3.05) is 18.5 Å². The molecule has 2 N–H and O–H groups in total. The van der Waals surface area contributed by atoms with Gasteiger partial charge in [0.25, 0.3) is 0 Å².